The summed E-state index contributed by atoms with van der Waals surface area (Å²) in [6.07, 6.45) is 0. The zero-order valence-electron chi connectivity index (χ0n) is 15.6. The van der Waals surface area contributed by atoms with E-state index in [-0.39, 0.29) is 29.1 Å². The number of amides is 1. The molecule has 146 valence electrons. The van der Waals surface area contributed by atoms with Crippen molar-refractivity contribution in [1.82, 2.24) is 14.4 Å². The molecule has 0 aliphatic carbocycles. The maximum Gasteiger partial charge on any atom is 0.248 e. The quantitative estimate of drug-likeness (QED) is 0.705. The highest BCUT2D eigenvalue weighted by Gasteiger charge is 2.35. The van der Waals surface area contributed by atoms with Crippen molar-refractivity contribution >= 4 is 27.7 Å². The van der Waals surface area contributed by atoms with E-state index < -0.39 is 10.0 Å². The normalized spacial score (nSPS) is 17.1. The van der Waals surface area contributed by atoms with Crippen LogP contribution < -0.4 is 0 Å². The first-order chi connectivity index (χ1) is 12.8. The van der Waals surface area contributed by atoms with E-state index in [1.54, 1.807) is 18.7 Å². The summed E-state index contributed by atoms with van der Waals surface area (Å²) >= 11 is 1.51. The van der Waals surface area contributed by atoms with Crippen molar-refractivity contribution in [3.63, 3.8) is 0 Å². The second-order valence-corrected chi connectivity index (χ2v) is 9.74. The monoisotopic (exact) mass is 409 g/mol. The molecule has 0 saturated carbocycles. The average Bonchev–Trinajstić information content (AvgIpc) is 3.01. The smallest absolute Gasteiger partial charge is 0.248 e. The molecule has 1 amide bonds. The van der Waals surface area contributed by atoms with Crippen LogP contribution in [-0.2, 0) is 14.8 Å². The third kappa shape index (κ3) is 4.20. The molecule has 7 nitrogen and oxygen atoms in total. The minimum Gasteiger partial charge on any atom is -0.360 e. The number of piperazine rings is 1. The van der Waals surface area contributed by atoms with Gasteiger partial charge >= 0.3 is 0 Å². The van der Waals surface area contributed by atoms with Gasteiger partial charge in [-0.2, -0.15) is 4.31 Å². The van der Waals surface area contributed by atoms with Gasteiger partial charge in [0, 0.05) is 31.1 Å². The molecule has 0 spiro atoms. The Morgan fingerprint density at radius 2 is 1.78 bits per heavy atom. The van der Waals surface area contributed by atoms with Crippen molar-refractivity contribution in [3.8, 4) is 0 Å². The Balaban J connectivity index is 1.62. The highest BCUT2D eigenvalue weighted by molar-refractivity contribution is 8.00. The first-order valence-corrected chi connectivity index (χ1v) is 11.1. The molecule has 0 radical (unpaired) electrons. The Hall–Kier alpha value is -1.84. The van der Waals surface area contributed by atoms with Gasteiger partial charge < -0.3 is 9.42 Å². The van der Waals surface area contributed by atoms with E-state index in [4.69, 9.17) is 4.52 Å². The summed E-state index contributed by atoms with van der Waals surface area (Å²) in [5.74, 6) is 0.317. The SMILES string of the molecule is Cc1noc(C)c1S(=O)(=O)N1CCN(C(=O)[C@H](C)Sc2ccccc2)CC1. The number of benzene rings is 1. The molecule has 1 aliphatic heterocycles. The lowest BCUT2D eigenvalue weighted by atomic mass is 10.3. The predicted octanol–water partition coefficient (Wildman–Crippen LogP) is 2.31. The van der Waals surface area contributed by atoms with Crippen LogP contribution in [0.25, 0.3) is 0 Å². The number of aryl methyl sites for hydroxylation is 2. The maximum atomic E-state index is 12.9. The number of nitrogens with zero attached hydrogens (tertiary/aromatic N) is 3. The van der Waals surface area contributed by atoms with Crippen molar-refractivity contribution in [2.75, 3.05) is 26.2 Å². The fourth-order valence-corrected chi connectivity index (χ4v) is 5.82. The van der Waals surface area contributed by atoms with Gasteiger partial charge in [0.2, 0.25) is 15.9 Å². The van der Waals surface area contributed by atoms with Gasteiger partial charge in [-0.15, -0.1) is 11.8 Å². The van der Waals surface area contributed by atoms with Crippen molar-refractivity contribution < 1.29 is 17.7 Å². The highest BCUT2D eigenvalue weighted by Crippen LogP contribution is 2.26. The number of thioether (sulfide) groups is 1. The van der Waals surface area contributed by atoms with E-state index >= 15 is 0 Å². The number of hydrogen-bond acceptors (Lipinski definition) is 6. The van der Waals surface area contributed by atoms with Crippen LogP contribution in [0, 0.1) is 13.8 Å². The number of carbonyl (C=O) groups is 1. The first-order valence-electron chi connectivity index (χ1n) is 8.74. The standard InChI is InChI=1S/C18H23N3O4S2/c1-13-17(14(2)25-19-13)27(23,24)21-11-9-20(10-12-21)18(22)15(3)26-16-7-5-4-6-8-16/h4-8,15H,9-12H2,1-3H3/t15-/m0/s1. The molecule has 1 aliphatic rings. The van der Waals surface area contributed by atoms with Gasteiger partial charge in [-0.05, 0) is 32.9 Å². The molecule has 1 atom stereocenters. The largest absolute Gasteiger partial charge is 0.360 e. The summed E-state index contributed by atoms with van der Waals surface area (Å²) in [7, 11) is -3.66. The summed E-state index contributed by atoms with van der Waals surface area (Å²) in [4.78, 5) is 15.6. The zero-order chi connectivity index (χ0) is 19.6. The lowest BCUT2D eigenvalue weighted by Crippen LogP contribution is -2.52. The number of sulfonamides is 1. The van der Waals surface area contributed by atoms with Gasteiger partial charge in [0.25, 0.3) is 0 Å². The van der Waals surface area contributed by atoms with E-state index in [1.807, 2.05) is 37.3 Å². The minimum absolute atomic E-state index is 0.0261. The minimum atomic E-state index is -3.66. The number of rotatable bonds is 5. The molecular weight excluding hydrogens is 386 g/mol. The first kappa shape index (κ1) is 19.9. The second-order valence-electron chi connectivity index (χ2n) is 6.46. The van der Waals surface area contributed by atoms with Crippen LogP contribution >= 0.6 is 11.8 Å². The van der Waals surface area contributed by atoms with Crippen LogP contribution in [0.3, 0.4) is 0 Å². The molecule has 1 saturated heterocycles. The Bertz CT molecular complexity index is 884. The molecular formula is C18H23N3O4S2. The van der Waals surface area contributed by atoms with E-state index in [0.29, 0.717) is 24.5 Å². The molecule has 1 fully saturated rings. The fourth-order valence-electron chi connectivity index (χ4n) is 3.13. The average molecular weight is 410 g/mol. The van der Waals surface area contributed by atoms with Crippen LogP contribution in [0.1, 0.15) is 18.4 Å². The third-order valence-electron chi connectivity index (χ3n) is 4.52. The molecule has 3 rings (SSSR count). The van der Waals surface area contributed by atoms with Crippen molar-refractivity contribution in [2.24, 2.45) is 0 Å². The molecule has 9 heteroatoms. The molecule has 1 aromatic carbocycles. The van der Waals surface area contributed by atoms with Crippen LogP contribution in [0.15, 0.2) is 44.6 Å². The summed E-state index contributed by atoms with van der Waals surface area (Å²) < 4.78 is 32.1. The van der Waals surface area contributed by atoms with E-state index in [0.717, 1.165) is 4.90 Å². The predicted molar refractivity (Wildman–Crippen MR) is 103 cm³/mol. The second kappa shape index (κ2) is 8.04. The van der Waals surface area contributed by atoms with Crippen molar-refractivity contribution in [2.45, 2.75) is 35.8 Å². The molecule has 0 N–H and O–H groups in total. The zero-order valence-corrected chi connectivity index (χ0v) is 17.2. The number of aromatic nitrogens is 1. The maximum absolute atomic E-state index is 12.9. The van der Waals surface area contributed by atoms with Gasteiger partial charge in [-0.1, -0.05) is 23.4 Å². The summed E-state index contributed by atoms with van der Waals surface area (Å²) in [6, 6.07) is 9.77. The van der Waals surface area contributed by atoms with Gasteiger partial charge in [0.05, 0.1) is 5.25 Å². The summed E-state index contributed by atoms with van der Waals surface area (Å²) in [5, 5.41) is 3.51. The lowest BCUT2D eigenvalue weighted by molar-refractivity contribution is -0.131. The Morgan fingerprint density at radius 3 is 2.33 bits per heavy atom. The lowest BCUT2D eigenvalue weighted by Gasteiger charge is -2.35. The topological polar surface area (TPSA) is 83.7 Å². The molecule has 27 heavy (non-hydrogen) atoms. The Kier molecular flexibility index (Phi) is 5.92. The van der Waals surface area contributed by atoms with E-state index in [2.05, 4.69) is 5.16 Å². The molecule has 2 heterocycles. The van der Waals surface area contributed by atoms with E-state index in [1.165, 1.54) is 16.1 Å². The fraction of sp³-hybridized carbons (Fsp3) is 0.444. The van der Waals surface area contributed by atoms with Crippen molar-refractivity contribution in [3.05, 3.63) is 41.8 Å². The van der Waals surface area contributed by atoms with Gasteiger partial charge in [0.15, 0.2) is 5.76 Å². The van der Waals surface area contributed by atoms with Crippen LogP contribution in [0.4, 0.5) is 0 Å². The van der Waals surface area contributed by atoms with Gasteiger partial charge in [-0.3, -0.25) is 4.79 Å². The molecule has 0 bridgehead atoms. The summed E-state index contributed by atoms with van der Waals surface area (Å²) in [6.45, 7) is 6.37. The summed E-state index contributed by atoms with van der Waals surface area (Å²) in [5.41, 5.74) is 0.360. The number of hydrogen-bond donors (Lipinski definition) is 0. The molecule has 1 aromatic heterocycles. The van der Waals surface area contributed by atoms with Gasteiger partial charge in [0.1, 0.15) is 10.6 Å². The third-order valence-corrected chi connectivity index (χ3v) is 7.76. The Labute approximate surface area is 163 Å². The Morgan fingerprint density at radius 1 is 1.15 bits per heavy atom. The molecule has 2 aromatic rings. The van der Waals surface area contributed by atoms with Crippen molar-refractivity contribution in [1.29, 1.82) is 0 Å². The van der Waals surface area contributed by atoms with Crippen LogP contribution in [-0.4, -0.2) is 60.1 Å². The van der Waals surface area contributed by atoms with E-state index in [9.17, 15) is 13.2 Å². The number of carbonyl (C=O) groups excluding carboxylic acids is 1. The van der Waals surface area contributed by atoms with Gasteiger partial charge in [-0.25, -0.2) is 8.42 Å². The molecule has 0 unspecified atom stereocenters. The van der Waals surface area contributed by atoms with Crippen LogP contribution in [0.5, 0.6) is 0 Å². The highest BCUT2D eigenvalue weighted by atomic mass is 32.2. The van der Waals surface area contributed by atoms with Crippen LogP contribution in [0.2, 0.25) is 0 Å².